The van der Waals surface area contributed by atoms with Crippen molar-refractivity contribution in [3.63, 3.8) is 0 Å². The first kappa shape index (κ1) is 12.4. The number of aliphatic imine (C=N–C) groups is 1. The second kappa shape index (κ2) is 5.42. The Morgan fingerprint density at radius 1 is 1.50 bits per heavy atom. The number of ether oxygens (including phenoxy) is 1. The van der Waals surface area contributed by atoms with Crippen molar-refractivity contribution in [1.29, 1.82) is 0 Å². The molecule has 5 heteroatoms. The summed E-state index contributed by atoms with van der Waals surface area (Å²) >= 11 is 5.89. The fourth-order valence-electron chi connectivity index (χ4n) is 1.03. The molecule has 1 aromatic carbocycles. The molecule has 0 bridgehead atoms. The Hall–Kier alpha value is -1.68. The third-order valence-electron chi connectivity index (χ3n) is 2.04. The lowest BCUT2D eigenvalue weighted by atomic mass is 10.2. The number of halogens is 1. The Labute approximate surface area is 99.6 Å². The van der Waals surface area contributed by atoms with Gasteiger partial charge in [-0.3, -0.25) is 0 Å². The van der Waals surface area contributed by atoms with E-state index in [1.54, 1.807) is 32.2 Å². The van der Waals surface area contributed by atoms with Gasteiger partial charge in [0.05, 0.1) is 17.8 Å². The van der Waals surface area contributed by atoms with Crippen molar-refractivity contribution in [2.45, 2.75) is 6.92 Å². The van der Waals surface area contributed by atoms with Crippen LogP contribution in [0.3, 0.4) is 0 Å². The minimum atomic E-state index is 0.367. The molecule has 0 spiro atoms. The maximum Gasteiger partial charge on any atom is 0.139 e. The van der Waals surface area contributed by atoms with Gasteiger partial charge in [0.2, 0.25) is 0 Å². The van der Waals surface area contributed by atoms with Crippen LogP contribution in [-0.2, 0) is 0 Å². The van der Waals surface area contributed by atoms with Crippen LogP contribution in [0.4, 0.5) is 5.69 Å². The number of hydrogen-bond donors (Lipinski definition) is 2. The van der Waals surface area contributed by atoms with E-state index in [9.17, 15) is 0 Å². The predicted molar refractivity (Wildman–Crippen MR) is 67.2 cm³/mol. The molecule has 1 aromatic rings. The van der Waals surface area contributed by atoms with E-state index in [-0.39, 0.29) is 0 Å². The summed E-state index contributed by atoms with van der Waals surface area (Å²) in [6.45, 7) is 1.78. The van der Waals surface area contributed by atoms with E-state index in [0.717, 1.165) is 0 Å². The van der Waals surface area contributed by atoms with Crippen molar-refractivity contribution in [2.75, 3.05) is 7.11 Å². The second-order valence-corrected chi connectivity index (χ2v) is 3.57. The fraction of sp³-hybridized carbons (Fsp3) is 0.182. The quantitative estimate of drug-likeness (QED) is 0.627. The molecule has 4 N–H and O–H groups in total. The fourth-order valence-corrected chi connectivity index (χ4v) is 1.23. The van der Waals surface area contributed by atoms with Gasteiger partial charge in [0, 0.05) is 17.8 Å². The number of nitrogens with two attached hydrogens (primary N) is 2. The molecule has 0 atom stereocenters. The molecule has 16 heavy (non-hydrogen) atoms. The number of hydrogen-bond acceptors (Lipinski definition) is 3. The van der Waals surface area contributed by atoms with Gasteiger partial charge in [-0.25, -0.2) is 4.99 Å². The Bertz CT molecular complexity index is 441. The molecule has 0 saturated carbocycles. The summed E-state index contributed by atoms with van der Waals surface area (Å²) in [7, 11) is 1.54. The molecule has 4 nitrogen and oxygen atoms in total. The Kier molecular flexibility index (Phi) is 4.19. The van der Waals surface area contributed by atoms with Gasteiger partial charge in [0.15, 0.2) is 0 Å². The molecule has 0 saturated heterocycles. The van der Waals surface area contributed by atoms with Crippen molar-refractivity contribution in [3.05, 3.63) is 35.0 Å². The van der Waals surface area contributed by atoms with Gasteiger partial charge < -0.3 is 16.2 Å². The van der Waals surface area contributed by atoms with Crippen LogP contribution < -0.4 is 16.2 Å². The first-order chi connectivity index (χ1) is 7.58. The Morgan fingerprint density at radius 2 is 2.19 bits per heavy atom. The Balaban J connectivity index is 3.07. The lowest BCUT2D eigenvalue weighted by molar-refractivity contribution is 0.415. The molecule has 1 rings (SSSR count). The molecule has 0 aromatic heterocycles. The van der Waals surface area contributed by atoms with Gasteiger partial charge >= 0.3 is 0 Å². The summed E-state index contributed by atoms with van der Waals surface area (Å²) in [5.74, 6) is 0.928. The van der Waals surface area contributed by atoms with Gasteiger partial charge in [0.1, 0.15) is 11.6 Å². The summed E-state index contributed by atoms with van der Waals surface area (Å²) in [6, 6.07) is 5.16. The van der Waals surface area contributed by atoms with E-state index >= 15 is 0 Å². The van der Waals surface area contributed by atoms with Crippen molar-refractivity contribution < 1.29 is 4.74 Å². The van der Waals surface area contributed by atoms with Gasteiger partial charge in [-0.1, -0.05) is 11.6 Å². The number of benzene rings is 1. The molecule has 0 aliphatic heterocycles. The van der Waals surface area contributed by atoms with Crippen LogP contribution in [0.25, 0.3) is 0 Å². The number of nitrogens with zero attached hydrogens (tertiary/aromatic N) is 1. The van der Waals surface area contributed by atoms with E-state index in [1.165, 1.54) is 6.20 Å². The predicted octanol–water partition coefficient (Wildman–Crippen LogP) is 2.20. The zero-order valence-corrected chi connectivity index (χ0v) is 9.95. The lowest BCUT2D eigenvalue weighted by Crippen LogP contribution is -2.13. The van der Waals surface area contributed by atoms with E-state index in [4.69, 9.17) is 27.8 Å². The summed E-state index contributed by atoms with van der Waals surface area (Å²) in [6.07, 6.45) is 1.41. The molecule has 0 radical (unpaired) electrons. The lowest BCUT2D eigenvalue weighted by Gasteiger charge is -2.04. The van der Waals surface area contributed by atoms with Crippen LogP contribution in [-0.4, -0.2) is 12.9 Å². The van der Waals surface area contributed by atoms with Crippen molar-refractivity contribution in [2.24, 2.45) is 16.5 Å². The highest BCUT2D eigenvalue weighted by Crippen LogP contribution is 2.28. The van der Waals surface area contributed by atoms with Crippen LogP contribution in [0, 0.1) is 0 Å². The van der Waals surface area contributed by atoms with Crippen molar-refractivity contribution in [3.8, 4) is 5.75 Å². The zero-order valence-electron chi connectivity index (χ0n) is 9.20. The minimum Gasteiger partial charge on any atom is -0.495 e. The largest absolute Gasteiger partial charge is 0.495 e. The molecule has 0 fully saturated rings. The standard InChI is InChI=1S/C11H14ClN3O/c1-7(6-13)11(14)15-8-3-4-9(12)10(5-8)16-2/h3-6H,13H2,1-2H3,(H2,14,15). The monoisotopic (exact) mass is 239 g/mol. The van der Waals surface area contributed by atoms with Crippen LogP contribution in [0.1, 0.15) is 6.92 Å². The van der Waals surface area contributed by atoms with Crippen LogP contribution in [0.15, 0.2) is 35.0 Å². The van der Waals surface area contributed by atoms with E-state index in [2.05, 4.69) is 4.99 Å². The van der Waals surface area contributed by atoms with E-state index < -0.39 is 0 Å². The van der Waals surface area contributed by atoms with Crippen LogP contribution >= 0.6 is 11.6 Å². The molecule has 0 aliphatic carbocycles. The highest BCUT2D eigenvalue weighted by molar-refractivity contribution is 6.32. The second-order valence-electron chi connectivity index (χ2n) is 3.17. The molecule has 0 heterocycles. The Morgan fingerprint density at radius 3 is 2.75 bits per heavy atom. The molecular formula is C11H14ClN3O. The number of amidine groups is 1. The first-order valence-corrected chi connectivity index (χ1v) is 5.03. The van der Waals surface area contributed by atoms with Gasteiger partial charge in [0.25, 0.3) is 0 Å². The summed E-state index contributed by atoms with van der Waals surface area (Å²) < 4.78 is 5.07. The smallest absolute Gasteiger partial charge is 0.139 e. The van der Waals surface area contributed by atoms with Gasteiger partial charge in [-0.15, -0.1) is 0 Å². The number of methoxy groups -OCH3 is 1. The summed E-state index contributed by atoms with van der Waals surface area (Å²) in [5, 5.41) is 0.533. The minimum absolute atomic E-state index is 0.367. The molecule has 0 unspecified atom stereocenters. The topological polar surface area (TPSA) is 73.6 Å². The van der Waals surface area contributed by atoms with Crippen LogP contribution in [0.2, 0.25) is 5.02 Å². The maximum absolute atomic E-state index is 5.89. The zero-order chi connectivity index (χ0) is 12.1. The highest BCUT2D eigenvalue weighted by atomic mass is 35.5. The van der Waals surface area contributed by atoms with Crippen LogP contribution in [0.5, 0.6) is 5.75 Å². The van der Waals surface area contributed by atoms with Gasteiger partial charge in [-0.05, 0) is 19.1 Å². The average molecular weight is 240 g/mol. The first-order valence-electron chi connectivity index (χ1n) is 4.65. The molecular weight excluding hydrogens is 226 g/mol. The van der Waals surface area contributed by atoms with E-state index in [0.29, 0.717) is 27.9 Å². The molecule has 86 valence electrons. The van der Waals surface area contributed by atoms with Crippen molar-refractivity contribution >= 4 is 23.1 Å². The normalized spacial score (nSPS) is 12.7. The van der Waals surface area contributed by atoms with E-state index in [1.807, 2.05) is 0 Å². The summed E-state index contributed by atoms with van der Waals surface area (Å²) in [5.41, 5.74) is 12.4. The molecule has 0 amide bonds. The number of rotatable bonds is 3. The highest BCUT2D eigenvalue weighted by Gasteiger charge is 2.02. The molecule has 0 aliphatic rings. The summed E-state index contributed by atoms with van der Waals surface area (Å²) in [4.78, 5) is 4.19. The SMILES string of the molecule is COc1cc(N=C(N)C(C)=CN)ccc1Cl. The van der Waals surface area contributed by atoms with Gasteiger partial charge in [-0.2, -0.15) is 0 Å². The third kappa shape index (κ3) is 2.90. The van der Waals surface area contributed by atoms with Crippen molar-refractivity contribution in [1.82, 2.24) is 0 Å². The average Bonchev–Trinajstić information content (AvgIpc) is 2.30. The maximum atomic E-state index is 5.89. The third-order valence-corrected chi connectivity index (χ3v) is 2.35.